The lowest BCUT2D eigenvalue weighted by molar-refractivity contribution is 0.295. The largest absolute Gasteiger partial charge is 0.487 e. The number of hydrogen-bond acceptors (Lipinski definition) is 4. The SMILES string of the molecule is COc1cccc(COc2ccc(Br)cc2CN)n1. The molecule has 0 aliphatic carbocycles. The van der Waals surface area contributed by atoms with Crippen molar-refractivity contribution in [3.8, 4) is 11.6 Å². The second kappa shape index (κ2) is 6.54. The van der Waals surface area contributed by atoms with Crippen molar-refractivity contribution in [2.24, 2.45) is 5.73 Å². The molecular weight excluding hydrogens is 308 g/mol. The maximum atomic E-state index is 5.75. The normalized spacial score (nSPS) is 10.3. The number of hydrogen-bond donors (Lipinski definition) is 1. The molecule has 0 fully saturated rings. The van der Waals surface area contributed by atoms with Crippen LogP contribution in [-0.2, 0) is 13.2 Å². The van der Waals surface area contributed by atoms with E-state index in [2.05, 4.69) is 20.9 Å². The fourth-order valence-electron chi connectivity index (χ4n) is 1.65. The number of halogens is 1. The highest BCUT2D eigenvalue weighted by molar-refractivity contribution is 9.10. The molecule has 0 saturated carbocycles. The standard InChI is InChI=1S/C14H15BrN2O2/c1-18-14-4-2-3-12(17-14)9-19-13-6-5-11(15)7-10(13)8-16/h2-7H,8-9,16H2,1H3. The van der Waals surface area contributed by atoms with E-state index < -0.39 is 0 Å². The lowest BCUT2D eigenvalue weighted by Crippen LogP contribution is -2.04. The Balaban J connectivity index is 2.09. The van der Waals surface area contributed by atoms with Crippen molar-refractivity contribution in [3.63, 3.8) is 0 Å². The molecule has 5 heteroatoms. The summed E-state index contributed by atoms with van der Waals surface area (Å²) in [6.45, 7) is 0.812. The molecule has 0 atom stereocenters. The van der Waals surface area contributed by atoms with Crippen LogP contribution in [0.2, 0.25) is 0 Å². The van der Waals surface area contributed by atoms with Crippen molar-refractivity contribution in [3.05, 3.63) is 52.1 Å². The summed E-state index contributed by atoms with van der Waals surface area (Å²) in [5.74, 6) is 1.35. The van der Waals surface area contributed by atoms with Gasteiger partial charge >= 0.3 is 0 Å². The highest BCUT2D eigenvalue weighted by Crippen LogP contribution is 2.23. The van der Waals surface area contributed by atoms with Gasteiger partial charge in [0.25, 0.3) is 0 Å². The highest BCUT2D eigenvalue weighted by Gasteiger charge is 2.04. The van der Waals surface area contributed by atoms with Crippen LogP contribution in [0.1, 0.15) is 11.3 Å². The number of rotatable bonds is 5. The first kappa shape index (κ1) is 13.8. The molecule has 0 amide bonds. The van der Waals surface area contributed by atoms with Gasteiger partial charge in [0.1, 0.15) is 12.4 Å². The zero-order chi connectivity index (χ0) is 13.7. The van der Waals surface area contributed by atoms with Crippen LogP contribution in [0.25, 0.3) is 0 Å². The third-order valence-corrected chi connectivity index (χ3v) is 3.10. The minimum atomic E-state index is 0.381. The fraction of sp³-hybridized carbons (Fsp3) is 0.214. The van der Waals surface area contributed by atoms with Gasteiger partial charge in [-0.1, -0.05) is 22.0 Å². The zero-order valence-corrected chi connectivity index (χ0v) is 12.2. The third-order valence-electron chi connectivity index (χ3n) is 2.61. The van der Waals surface area contributed by atoms with Gasteiger partial charge in [-0.2, -0.15) is 0 Å². The van der Waals surface area contributed by atoms with Gasteiger partial charge in [0.2, 0.25) is 5.88 Å². The van der Waals surface area contributed by atoms with E-state index in [1.165, 1.54) is 0 Å². The Bertz CT molecular complexity index is 561. The number of aromatic nitrogens is 1. The van der Waals surface area contributed by atoms with Gasteiger partial charge in [0.05, 0.1) is 12.8 Å². The predicted octanol–water partition coefficient (Wildman–Crippen LogP) is 2.89. The molecule has 0 spiro atoms. The van der Waals surface area contributed by atoms with Crippen molar-refractivity contribution >= 4 is 15.9 Å². The molecule has 0 aliphatic rings. The van der Waals surface area contributed by atoms with Gasteiger partial charge in [0.15, 0.2) is 0 Å². The topological polar surface area (TPSA) is 57.4 Å². The van der Waals surface area contributed by atoms with Crippen LogP contribution in [-0.4, -0.2) is 12.1 Å². The molecule has 0 bridgehead atoms. The summed E-state index contributed by atoms with van der Waals surface area (Å²) >= 11 is 3.41. The van der Waals surface area contributed by atoms with E-state index in [9.17, 15) is 0 Å². The maximum absolute atomic E-state index is 5.75. The number of methoxy groups -OCH3 is 1. The van der Waals surface area contributed by atoms with Gasteiger partial charge in [-0.05, 0) is 24.3 Å². The van der Waals surface area contributed by atoms with E-state index in [1.807, 2.05) is 30.3 Å². The van der Waals surface area contributed by atoms with E-state index in [4.69, 9.17) is 15.2 Å². The summed E-state index contributed by atoms with van der Waals surface area (Å²) in [5, 5.41) is 0. The molecule has 0 unspecified atom stereocenters. The van der Waals surface area contributed by atoms with Crippen LogP contribution in [0.3, 0.4) is 0 Å². The molecule has 1 aromatic carbocycles. The maximum Gasteiger partial charge on any atom is 0.213 e. The second-order valence-electron chi connectivity index (χ2n) is 3.92. The smallest absolute Gasteiger partial charge is 0.213 e. The monoisotopic (exact) mass is 322 g/mol. The molecule has 1 heterocycles. The highest BCUT2D eigenvalue weighted by atomic mass is 79.9. The molecule has 2 rings (SSSR count). The van der Waals surface area contributed by atoms with E-state index in [0.717, 1.165) is 21.5 Å². The Labute approximate surface area is 120 Å². The van der Waals surface area contributed by atoms with Gasteiger partial charge in [-0.25, -0.2) is 4.98 Å². The summed E-state index contributed by atoms with van der Waals surface area (Å²) < 4.78 is 11.8. The summed E-state index contributed by atoms with van der Waals surface area (Å²) in [6.07, 6.45) is 0. The zero-order valence-electron chi connectivity index (χ0n) is 10.6. The molecule has 2 aromatic rings. The number of benzene rings is 1. The Hall–Kier alpha value is -1.59. The molecule has 0 saturated heterocycles. The average molecular weight is 323 g/mol. The quantitative estimate of drug-likeness (QED) is 0.919. The van der Waals surface area contributed by atoms with Crippen molar-refractivity contribution in [1.82, 2.24) is 4.98 Å². The van der Waals surface area contributed by atoms with E-state index in [-0.39, 0.29) is 0 Å². The molecule has 100 valence electrons. The minimum absolute atomic E-state index is 0.381. The van der Waals surface area contributed by atoms with Crippen LogP contribution in [0.4, 0.5) is 0 Å². The van der Waals surface area contributed by atoms with Crippen LogP contribution in [0, 0.1) is 0 Å². The number of ether oxygens (including phenoxy) is 2. The number of pyridine rings is 1. The Morgan fingerprint density at radius 3 is 2.84 bits per heavy atom. The third kappa shape index (κ3) is 3.68. The average Bonchev–Trinajstić information content (AvgIpc) is 2.46. The lowest BCUT2D eigenvalue weighted by Gasteiger charge is -2.11. The van der Waals surface area contributed by atoms with E-state index in [1.54, 1.807) is 13.2 Å². The van der Waals surface area contributed by atoms with Crippen LogP contribution < -0.4 is 15.2 Å². The first-order valence-electron chi connectivity index (χ1n) is 5.84. The molecule has 19 heavy (non-hydrogen) atoms. The second-order valence-corrected chi connectivity index (χ2v) is 4.83. The van der Waals surface area contributed by atoms with E-state index >= 15 is 0 Å². The summed E-state index contributed by atoms with van der Waals surface area (Å²) in [4.78, 5) is 4.29. The Morgan fingerprint density at radius 1 is 1.26 bits per heavy atom. The number of nitrogens with zero attached hydrogens (tertiary/aromatic N) is 1. The Kier molecular flexibility index (Phi) is 4.76. The van der Waals surface area contributed by atoms with Crippen LogP contribution in [0.5, 0.6) is 11.6 Å². The Morgan fingerprint density at radius 2 is 2.11 bits per heavy atom. The summed E-state index contributed by atoms with van der Waals surface area (Å²) in [7, 11) is 1.59. The molecule has 2 N–H and O–H groups in total. The molecule has 0 aliphatic heterocycles. The molecule has 4 nitrogen and oxygen atoms in total. The van der Waals surface area contributed by atoms with Crippen molar-refractivity contribution < 1.29 is 9.47 Å². The van der Waals surface area contributed by atoms with Gasteiger partial charge < -0.3 is 15.2 Å². The van der Waals surface area contributed by atoms with Gasteiger partial charge in [-0.15, -0.1) is 0 Å². The van der Waals surface area contributed by atoms with Crippen LogP contribution >= 0.6 is 15.9 Å². The van der Waals surface area contributed by atoms with Crippen molar-refractivity contribution in [1.29, 1.82) is 0 Å². The molecular formula is C14H15BrN2O2. The molecule has 1 aromatic heterocycles. The molecule has 0 radical (unpaired) electrons. The summed E-state index contributed by atoms with van der Waals surface area (Å²) in [5.41, 5.74) is 7.46. The number of nitrogens with two attached hydrogens (primary N) is 1. The van der Waals surface area contributed by atoms with Gasteiger partial charge in [0, 0.05) is 22.6 Å². The van der Waals surface area contributed by atoms with Crippen LogP contribution in [0.15, 0.2) is 40.9 Å². The minimum Gasteiger partial charge on any atom is -0.487 e. The lowest BCUT2D eigenvalue weighted by atomic mass is 10.2. The van der Waals surface area contributed by atoms with Crippen molar-refractivity contribution in [2.45, 2.75) is 13.2 Å². The predicted molar refractivity (Wildman–Crippen MR) is 77.2 cm³/mol. The first-order chi connectivity index (χ1) is 9.22. The summed E-state index contributed by atoms with van der Waals surface area (Å²) in [6, 6.07) is 11.3. The van der Waals surface area contributed by atoms with E-state index in [0.29, 0.717) is 19.0 Å². The first-order valence-corrected chi connectivity index (χ1v) is 6.63. The van der Waals surface area contributed by atoms with Gasteiger partial charge in [-0.3, -0.25) is 0 Å². The van der Waals surface area contributed by atoms with Crippen molar-refractivity contribution in [2.75, 3.05) is 7.11 Å². The fourth-order valence-corrected chi connectivity index (χ4v) is 2.06.